The Labute approximate surface area is 130 Å². The molecule has 0 bridgehead atoms. The Hall–Kier alpha value is -2.30. The number of H-pyrrole nitrogens is 1. The van der Waals surface area contributed by atoms with Gasteiger partial charge in [-0.05, 0) is 30.9 Å². The zero-order valence-electron chi connectivity index (χ0n) is 12.7. The number of benzene rings is 1. The van der Waals surface area contributed by atoms with E-state index in [1.807, 2.05) is 18.3 Å². The molecule has 22 heavy (non-hydrogen) atoms. The largest absolute Gasteiger partial charge is 0.361 e. The summed E-state index contributed by atoms with van der Waals surface area (Å²) in [6.07, 6.45) is 6.83. The van der Waals surface area contributed by atoms with Crippen LogP contribution in [-0.4, -0.2) is 30.4 Å². The van der Waals surface area contributed by atoms with E-state index in [1.165, 1.54) is 10.9 Å². The Morgan fingerprint density at radius 3 is 2.86 bits per heavy atom. The molecule has 118 valence electrons. The first-order valence-electron chi connectivity index (χ1n) is 7.80. The van der Waals surface area contributed by atoms with E-state index >= 15 is 0 Å². The van der Waals surface area contributed by atoms with Crippen LogP contribution in [0.15, 0.2) is 30.5 Å². The van der Waals surface area contributed by atoms with Crippen molar-refractivity contribution < 1.29 is 9.59 Å². The maximum atomic E-state index is 11.7. The number of fused-ring (bicyclic) bond motifs is 1. The summed E-state index contributed by atoms with van der Waals surface area (Å²) in [4.78, 5) is 25.0. The number of hydrogen-bond donors (Lipinski definition) is 3. The van der Waals surface area contributed by atoms with E-state index in [2.05, 4.69) is 27.8 Å². The molecule has 0 unspecified atom stereocenters. The predicted molar refractivity (Wildman–Crippen MR) is 87.5 cm³/mol. The Morgan fingerprint density at radius 2 is 2.00 bits per heavy atom. The van der Waals surface area contributed by atoms with E-state index in [-0.39, 0.29) is 5.91 Å². The van der Waals surface area contributed by atoms with Crippen molar-refractivity contribution in [2.45, 2.75) is 32.1 Å². The van der Waals surface area contributed by atoms with Gasteiger partial charge < -0.3 is 15.6 Å². The lowest BCUT2D eigenvalue weighted by molar-refractivity contribution is -0.121. The van der Waals surface area contributed by atoms with Gasteiger partial charge in [0.1, 0.15) is 0 Å². The molecule has 5 heteroatoms. The van der Waals surface area contributed by atoms with Crippen LogP contribution in [0.2, 0.25) is 0 Å². The highest BCUT2D eigenvalue weighted by atomic mass is 16.1. The third kappa shape index (κ3) is 4.91. The summed E-state index contributed by atoms with van der Waals surface area (Å²) in [6.45, 7) is 1.35. The van der Waals surface area contributed by atoms with Crippen molar-refractivity contribution in [1.82, 2.24) is 15.6 Å². The molecule has 1 aromatic carbocycles. The highest BCUT2D eigenvalue weighted by Crippen LogP contribution is 2.17. The summed E-state index contributed by atoms with van der Waals surface area (Å²) in [5.41, 5.74) is 2.36. The molecule has 0 spiro atoms. The Kier molecular flexibility index (Phi) is 6.48. The molecule has 3 N–H and O–H groups in total. The van der Waals surface area contributed by atoms with Gasteiger partial charge in [0.15, 0.2) is 0 Å². The summed E-state index contributed by atoms with van der Waals surface area (Å²) >= 11 is 0. The average molecular weight is 301 g/mol. The van der Waals surface area contributed by atoms with E-state index < -0.39 is 0 Å². The van der Waals surface area contributed by atoms with E-state index in [0.717, 1.165) is 31.2 Å². The Morgan fingerprint density at radius 1 is 1.14 bits per heavy atom. The summed E-state index contributed by atoms with van der Waals surface area (Å²) in [5.74, 6) is 0.100. The van der Waals surface area contributed by atoms with E-state index in [1.54, 1.807) is 0 Å². The first-order chi connectivity index (χ1) is 10.8. The minimum absolute atomic E-state index is 0.100. The van der Waals surface area contributed by atoms with Crippen molar-refractivity contribution in [1.29, 1.82) is 0 Å². The molecule has 0 saturated carbocycles. The van der Waals surface area contributed by atoms with Crippen LogP contribution in [0.5, 0.6) is 0 Å². The van der Waals surface area contributed by atoms with Crippen LogP contribution in [0, 0.1) is 0 Å². The molecule has 1 heterocycles. The molecule has 2 amide bonds. The maximum absolute atomic E-state index is 11.7. The minimum atomic E-state index is 0.100. The second-order valence-corrected chi connectivity index (χ2v) is 5.34. The fourth-order valence-electron chi connectivity index (χ4n) is 2.51. The summed E-state index contributed by atoms with van der Waals surface area (Å²) in [7, 11) is 0. The van der Waals surface area contributed by atoms with Gasteiger partial charge in [-0.2, -0.15) is 0 Å². The van der Waals surface area contributed by atoms with Crippen molar-refractivity contribution in [2.75, 3.05) is 13.1 Å². The number of amides is 2. The van der Waals surface area contributed by atoms with Gasteiger partial charge in [-0.1, -0.05) is 24.6 Å². The third-order valence-corrected chi connectivity index (χ3v) is 3.70. The standard InChI is InChI=1S/C17H23N3O2/c21-13-18-10-5-1-2-8-17(22)19-11-9-14-12-20-16-7-4-3-6-15(14)16/h3-4,6-7,12-13,20H,1-2,5,8-11H2,(H,18,21)(H,19,22). The van der Waals surface area contributed by atoms with Crippen LogP contribution < -0.4 is 10.6 Å². The first-order valence-corrected chi connectivity index (χ1v) is 7.80. The normalized spacial score (nSPS) is 10.5. The second-order valence-electron chi connectivity index (χ2n) is 5.34. The third-order valence-electron chi connectivity index (χ3n) is 3.70. The number of hydrogen-bond acceptors (Lipinski definition) is 2. The molecular formula is C17H23N3O2. The van der Waals surface area contributed by atoms with Crippen LogP contribution in [0.4, 0.5) is 0 Å². The zero-order chi connectivity index (χ0) is 15.6. The molecular weight excluding hydrogens is 278 g/mol. The molecule has 0 saturated heterocycles. The van der Waals surface area contributed by atoms with Crippen molar-refractivity contribution in [2.24, 2.45) is 0 Å². The van der Waals surface area contributed by atoms with Crippen LogP contribution in [0.1, 0.15) is 31.2 Å². The Bertz CT molecular complexity index is 607. The molecule has 5 nitrogen and oxygen atoms in total. The molecule has 2 aromatic rings. The van der Waals surface area contributed by atoms with Gasteiger partial charge in [0.05, 0.1) is 0 Å². The first kappa shape index (κ1) is 16.1. The van der Waals surface area contributed by atoms with Gasteiger partial charge in [-0.25, -0.2) is 0 Å². The number of para-hydroxylation sites is 1. The molecule has 0 radical (unpaired) electrons. The molecule has 2 rings (SSSR count). The topological polar surface area (TPSA) is 74.0 Å². The van der Waals surface area contributed by atoms with Gasteiger partial charge in [0.25, 0.3) is 0 Å². The molecule has 0 aliphatic heterocycles. The van der Waals surface area contributed by atoms with Gasteiger partial charge in [0.2, 0.25) is 12.3 Å². The lowest BCUT2D eigenvalue weighted by atomic mass is 10.1. The fraction of sp³-hybridized carbons (Fsp3) is 0.412. The fourth-order valence-corrected chi connectivity index (χ4v) is 2.51. The van der Waals surface area contributed by atoms with Crippen LogP contribution >= 0.6 is 0 Å². The van der Waals surface area contributed by atoms with E-state index in [9.17, 15) is 9.59 Å². The second kappa shape index (κ2) is 8.87. The average Bonchev–Trinajstić information content (AvgIpc) is 2.94. The van der Waals surface area contributed by atoms with Crippen molar-refractivity contribution in [3.05, 3.63) is 36.0 Å². The quantitative estimate of drug-likeness (QED) is 0.464. The van der Waals surface area contributed by atoms with Crippen LogP contribution in [-0.2, 0) is 16.0 Å². The number of carbonyl (C=O) groups excluding carboxylic acids is 2. The number of rotatable bonds is 10. The molecule has 0 atom stereocenters. The Balaban J connectivity index is 1.62. The molecule has 0 aliphatic carbocycles. The van der Waals surface area contributed by atoms with Gasteiger partial charge in [-0.3, -0.25) is 9.59 Å². The highest BCUT2D eigenvalue weighted by Gasteiger charge is 2.04. The van der Waals surface area contributed by atoms with Gasteiger partial charge in [0, 0.05) is 36.6 Å². The van der Waals surface area contributed by atoms with Crippen molar-refractivity contribution in [3.63, 3.8) is 0 Å². The summed E-state index contributed by atoms with van der Waals surface area (Å²) in [6, 6.07) is 8.18. The SMILES string of the molecule is O=CNCCCCCC(=O)NCCc1c[nH]c2ccccc12. The molecule has 0 fully saturated rings. The predicted octanol–water partition coefficient (Wildman–Crippen LogP) is 2.13. The van der Waals surface area contributed by atoms with E-state index in [4.69, 9.17) is 0 Å². The molecule has 1 aromatic heterocycles. The minimum Gasteiger partial charge on any atom is -0.361 e. The number of aromatic nitrogens is 1. The van der Waals surface area contributed by atoms with Gasteiger partial charge >= 0.3 is 0 Å². The number of unbranched alkanes of at least 4 members (excludes halogenated alkanes) is 2. The zero-order valence-corrected chi connectivity index (χ0v) is 12.7. The van der Waals surface area contributed by atoms with Crippen molar-refractivity contribution in [3.8, 4) is 0 Å². The van der Waals surface area contributed by atoms with Crippen molar-refractivity contribution >= 4 is 23.2 Å². The smallest absolute Gasteiger partial charge is 0.220 e. The van der Waals surface area contributed by atoms with Crippen LogP contribution in [0.3, 0.4) is 0 Å². The molecule has 0 aliphatic rings. The lowest BCUT2D eigenvalue weighted by Gasteiger charge is -2.05. The number of nitrogens with one attached hydrogen (secondary N) is 3. The maximum Gasteiger partial charge on any atom is 0.220 e. The number of carbonyl (C=O) groups is 2. The number of aromatic amines is 1. The van der Waals surface area contributed by atoms with Gasteiger partial charge in [-0.15, -0.1) is 0 Å². The lowest BCUT2D eigenvalue weighted by Crippen LogP contribution is -2.25. The van der Waals surface area contributed by atoms with E-state index in [0.29, 0.717) is 25.9 Å². The van der Waals surface area contributed by atoms with Crippen LogP contribution in [0.25, 0.3) is 10.9 Å². The summed E-state index contributed by atoms with van der Waals surface area (Å²) in [5, 5.41) is 6.80. The monoisotopic (exact) mass is 301 g/mol. The summed E-state index contributed by atoms with van der Waals surface area (Å²) < 4.78 is 0. The highest BCUT2D eigenvalue weighted by molar-refractivity contribution is 5.83.